The van der Waals surface area contributed by atoms with Gasteiger partial charge in [0.15, 0.2) is 0 Å². The van der Waals surface area contributed by atoms with E-state index in [0.717, 1.165) is 17.0 Å². The second kappa shape index (κ2) is 6.52. The molecule has 1 amide bonds. The molecule has 0 aliphatic carbocycles. The maximum Gasteiger partial charge on any atom is 0.238 e. The van der Waals surface area contributed by atoms with Crippen LogP contribution in [-0.2, 0) is 10.2 Å². The van der Waals surface area contributed by atoms with Crippen molar-refractivity contribution in [2.45, 2.75) is 31.6 Å². The van der Waals surface area contributed by atoms with Gasteiger partial charge < -0.3 is 4.74 Å². The molecule has 0 bridgehead atoms. The number of hydrogen-bond donors (Lipinski definition) is 0. The lowest BCUT2D eigenvalue weighted by molar-refractivity contribution is -0.115. The van der Waals surface area contributed by atoms with Crippen LogP contribution in [0.3, 0.4) is 0 Å². The van der Waals surface area contributed by atoms with E-state index in [1.807, 2.05) is 29.2 Å². The van der Waals surface area contributed by atoms with E-state index in [0.29, 0.717) is 5.75 Å². The highest BCUT2D eigenvalue weighted by molar-refractivity contribution is 8.00. The van der Waals surface area contributed by atoms with E-state index in [4.69, 9.17) is 4.74 Å². The fourth-order valence-corrected chi connectivity index (χ4v) is 4.02. The van der Waals surface area contributed by atoms with Gasteiger partial charge >= 0.3 is 0 Å². The average Bonchev–Trinajstić information content (AvgIpc) is 2.96. The minimum atomic E-state index is 0.0277. The Labute approximate surface area is 148 Å². The fourth-order valence-electron chi connectivity index (χ4n) is 2.84. The first-order valence-corrected chi connectivity index (χ1v) is 9.13. The summed E-state index contributed by atoms with van der Waals surface area (Å²) in [5, 5.41) is 0.0277. The summed E-state index contributed by atoms with van der Waals surface area (Å²) in [6.45, 7) is 6.62. The van der Waals surface area contributed by atoms with Crippen molar-refractivity contribution in [2.24, 2.45) is 0 Å². The van der Waals surface area contributed by atoms with Crippen molar-refractivity contribution in [2.75, 3.05) is 17.8 Å². The first kappa shape index (κ1) is 16.9. The number of thioether (sulfide) groups is 1. The van der Waals surface area contributed by atoms with Crippen molar-refractivity contribution < 1.29 is 9.53 Å². The molecule has 24 heavy (non-hydrogen) atoms. The fraction of sp³-hybridized carbons (Fsp3) is 0.350. The summed E-state index contributed by atoms with van der Waals surface area (Å²) in [7, 11) is 1.64. The van der Waals surface area contributed by atoms with Crippen molar-refractivity contribution in [3.63, 3.8) is 0 Å². The van der Waals surface area contributed by atoms with Gasteiger partial charge in [-0.05, 0) is 40.8 Å². The number of benzene rings is 2. The van der Waals surface area contributed by atoms with Crippen molar-refractivity contribution >= 4 is 23.4 Å². The molecule has 1 unspecified atom stereocenters. The van der Waals surface area contributed by atoms with Crippen LogP contribution in [0.15, 0.2) is 48.5 Å². The van der Waals surface area contributed by atoms with Gasteiger partial charge in [0.1, 0.15) is 11.1 Å². The molecule has 0 aromatic heterocycles. The number of carbonyl (C=O) groups is 1. The van der Waals surface area contributed by atoms with Gasteiger partial charge in [0.25, 0.3) is 0 Å². The molecule has 0 saturated carbocycles. The zero-order valence-electron chi connectivity index (χ0n) is 14.6. The summed E-state index contributed by atoms with van der Waals surface area (Å²) < 4.78 is 5.21. The van der Waals surface area contributed by atoms with Crippen LogP contribution in [0.25, 0.3) is 0 Å². The van der Waals surface area contributed by atoms with Gasteiger partial charge in [-0.2, -0.15) is 0 Å². The highest BCUT2D eigenvalue weighted by Gasteiger charge is 2.34. The number of nitrogens with zero attached hydrogens (tertiary/aromatic N) is 1. The molecule has 0 spiro atoms. The third-order valence-corrected chi connectivity index (χ3v) is 5.49. The summed E-state index contributed by atoms with van der Waals surface area (Å²) in [4.78, 5) is 14.3. The number of methoxy groups -OCH3 is 1. The Morgan fingerprint density at radius 2 is 1.67 bits per heavy atom. The summed E-state index contributed by atoms with van der Waals surface area (Å²) in [6, 6.07) is 16.3. The van der Waals surface area contributed by atoms with Crippen LogP contribution in [0.2, 0.25) is 0 Å². The van der Waals surface area contributed by atoms with Crippen LogP contribution in [0.4, 0.5) is 5.69 Å². The molecule has 1 fully saturated rings. The van der Waals surface area contributed by atoms with E-state index in [-0.39, 0.29) is 16.7 Å². The predicted molar refractivity (Wildman–Crippen MR) is 101 cm³/mol. The van der Waals surface area contributed by atoms with Gasteiger partial charge in [-0.3, -0.25) is 9.69 Å². The third-order valence-electron chi connectivity index (χ3n) is 4.28. The molecule has 1 saturated heterocycles. The Hall–Kier alpha value is -1.94. The molecule has 1 aliphatic heterocycles. The predicted octanol–water partition coefficient (Wildman–Crippen LogP) is 4.77. The number of anilines is 1. The molecule has 1 aliphatic rings. The van der Waals surface area contributed by atoms with Crippen LogP contribution >= 0.6 is 11.8 Å². The molecule has 1 atom stereocenters. The lowest BCUT2D eigenvalue weighted by Gasteiger charge is -2.25. The molecule has 3 rings (SSSR count). The van der Waals surface area contributed by atoms with Crippen LogP contribution in [0, 0.1) is 0 Å². The minimum absolute atomic E-state index is 0.0277. The molecule has 126 valence electrons. The molecule has 2 aromatic rings. The highest BCUT2D eigenvalue weighted by atomic mass is 32.2. The molecule has 3 nitrogen and oxygen atoms in total. The quantitative estimate of drug-likeness (QED) is 0.805. The second-order valence-electron chi connectivity index (χ2n) is 7.00. The summed E-state index contributed by atoms with van der Waals surface area (Å²) in [5.41, 5.74) is 3.51. The van der Waals surface area contributed by atoms with Crippen molar-refractivity contribution in [3.8, 4) is 5.75 Å². The monoisotopic (exact) mass is 341 g/mol. The number of hydrogen-bond acceptors (Lipinski definition) is 3. The largest absolute Gasteiger partial charge is 0.497 e. The second-order valence-corrected chi connectivity index (χ2v) is 8.07. The lowest BCUT2D eigenvalue weighted by atomic mass is 9.86. The smallest absolute Gasteiger partial charge is 0.238 e. The van der Waals surface area contributed by atoms with Crippen LogP contribution in [-0.4, -0.2) is 18.8 Å². The zero-order valence-corrected chi connectivity index (χ0v) is 15.4. The summed E-state index contributed by atoms with van der Waals surface area (Å²) >= 11 is 1.67. The SMILES string of the molecule is COc1ccc(N2C(=O)CSC2c2ccc(C(C)(C)C)cc2)cc1. The Morgan fingerprint density at radius 3 is 2.21 bits per heavy atom. The van der Waals surface area contributed by atoms with Gasteiger partial charge in [-0.25, -0.2) is 0 Å². The third kappa shape index (κ3) is 3.29. The van der Waals surface area contributed by atoms with Crippen LogP contribution < -0.4 is 9.64 Å². The first-order chi connectivity index (χ1) is 11.4. The van der Waals surface area contributed by atoms with E-state index in [1.165, 1.54) is 5.56 Å². The molecular formula is C20H23NO2S. The molecule has 2 aromatic carbocycles. The Bertz CT molecular complexity index is 717. The Balaban J connectivity index is 1.90. The topological polar surface area (TPSA) is 29.5 Å². The summed E-state index contributed by atoms with van der Waals surface area (Å²) in [5.74, 6) is 1.46. The van der Waals surface area contributed by atoms with Gasteiger partial charge in [0.2, 0.25) is 5.91 Å². The Kier molecular flexibility index (Phi) is 4.59. The average molecular weight is 341 g/mol. The molecule has 0 N–H and O–H groups in total. The van der Waals surface area contributed by atoms with E-state index >= 15 is 0 Å². The van der Waals surface area contributed by atoms with Gasteiger partial charge in [-0.15, -0.1) is 11.8 Å². The van der Waals surface area contributed by atoms with E-state index < -0.39 is 0 Å². The minimum Gasteiger partial charge on any atom is -0.497 e. The van der Waals surface area contributed by atoms with Crippen LogP contribution in [0.5, 0.6) is 5.75 Å². The van der Waals surface area contributed by atoms with Gasteiger partial charge in [0.05, 0.1) is 12.9 Å². The zero-order chi connectivity index (χ0) is 17.3. The number of rotatable bonds is 3. The van der Waals surface area contributed by atoms with Crippen molar-refractivity contribution in [1.82, 2.24) is 0 Å². The van der Waals surface area contributed by atoms with E-state index in [1.54, 1.807) is 18.9 Å². The highest BCUT2D eigenvalue weighted by Crippen LogP contribution is 2.42. The molecular weight excluding hydrogens is 318 g/mol. The van der Waals surface area contributed by atoms with E-state index in [9.17, 15) is 4.79 Å². The molecule has 1 heterocycles. The van der Waals surface area contributed by atoms with E-state index in [2.05, 4.69) is 45.0 Å². The van der Waals surface area contributed by atoms with Crippen molar-refractivity contribution in [3.05, 3.63) is 59.7 Å². The molecule has 0 radical (unpaired) electrons. The standard InChI is InChI=1S/C20H23NO2S/c1-20(2,3)15-7-5-14(6-8-15)19-21(18(22)13-24-19)16-9-11-17(23-4)12-10-16/h5-12,19H,13H2,1-4H3. The van der Waals surface area contributed by atoms with Gasteiger partial charge in [0, 0.05) is 5.69 Å². The Morgan fingerprint density at radius 1 is 1.04 bits per heavy atom. The maximum absolute atomic E-state index is 12.4. The first-order valence-electron chi connectivity index (χ1n) is 8.08. The summed E-state index contributed by atoms with van der Waals surface area (Å²) in [6.07, 6.45) is 0. The molecule has 4 heteroatoms. The lowest BCUT2D eigenvalue weighted by Crippen LogP contribution is -2.27. The van der Waals surface area contributed by atoms with Crippen LogP contribution in [0.1, 0.15) is 37.3 Å². The van der Waals surface area contributed by atoms with Crippen molar-refractivity contribution in [1.29, 1.82) is 0 Å². The normalized spacial score (nSPS) is 18.1. The maximum atomic E-state index is 12.4. The number of carbonyl (C=O) groups excluding carboxylic acids is 1. The number of amides is 1. The number of ether oxygens (including phenoxy) is 1. The van der Waals surface area contributed by atoms with Gasteiger partial charge in [-0.1, -0.05) is 45.0 Å².